The normalized spacial score (nSPS) is 12.2. The molecule has 0 aliphatic rings. The van der Waals surface area contributed by atoms with Gasteiger partial charge in [0.05, 0.1) is 13.2 Å². The third kappa shape index (κ3) is 13.9. The van der Waals surface area contributed by atoms with Crippen molar-refractivity contribution in [3.63, 3.8) is 0 Å². The summed E-state index contributed by atoms with van der Waals surface area (Å²) in [6.07, 6.45) is 1.56. The predicted molar refractivity (Wildman–Crippen MR) is 120 cm³/mol. The number of ether oxygens (including phenoxy) is 2. The van der Waals surface area contributed by atoms with Gasteiger partial charge in [-0.05, 0) is 58.4 Å². The lowest BCUT2D eigenvalue weighted by Crippen LogP contribution is -2.39. The molecule has 0 aromatic carbocycles. The quantitative estimate of drug-likeness (QED) is 0.164. The van der Waals surface area contributed by atoms with Gasteiger partial charge < -0.3 is 17.7 Å². The highest BCUT2D eigenvalue weighted by molar-refractivity contribution is 6.99. The third-order valence-electron chi connectivity index (χ3n) is 3.85. The standard InChI is InChI=1S/C17H36O6Si4/c1-14(2)16(18)20-10-8-12-27(7,23-25-24-22-26(5)6)13-9-11-21-17(19)15(3)4/h26H,1,3,8-13,24-25H2,2,4-7H3. The molecule has 0 heterocycles. The summed E-state index contributed by atoms with van der Waals surface area (Å²) in [5.41, 5.74) is 0.831. The molecule has 0 fully saturated rings. The number of carbonyl (C=O) groups excluding carboxylic acids is 2. The molecule has 0 rings (SSSR count). The molecule has 0 bridgehead atoms. The van der Waals surface area contributed by atoms with Crippen molar-refractivity contribution in [1.29, 1.82) is 0 Å². The Morgan fingerprint density at radius 3 is 1.74 bits per heavy atom. The van der Waals surface area contributed by atoms with Crippen molar-refractivity contribution in [2.75, 3.05) is 13.2 Å². The van der Waals surface area contributed by atoms with Crippen molar-refractivity contribution in [1.82, 2.24) is 0 Å². The maximum atomic E-state index is 11.5. The van der Waals surface area contributed by atoms with Crippen LogP contribution in [0, 0.1) is 0 Å². The first-order chi connectivity index (χ1) is 12.6. The van der Waals surface area contributed by atoms with E-state index in [4.69, 9.17) is 17.7 Å². The van der Waals surface area contributed by atoms with Crippen LogP contribution in [0.2, 0.25) is 31.7 Å². The van der Waals surface area contributed by atoms with E-state index in [-0.39, 0.29) is 11.9 Å². The van der Waals surface area contributed by atoms with E-state index >= 15 is 0 Å². The minimum absolute atomic E-state index is 0.344. The SMILES string of the molecule is C=C(C)C(=O)OCCC[Si](C)(CCCOC(=O)C(=C)C)O[SiH2][SiH2]O[SiH](C)C. The van der Waals surface area contributed by atoms with Crippen molar-refractivity contribution >= 4 is 47.9 Å². The van der Waals surface area contributed by atoms with Crippen LogP contribution >= 0.6 is 0 Å². The van der Waals surface area contributed by atoms with Gasteiger partial charge in [-0.15, -0.1) is 0 Å². The Morgan fingerprint density at radius 2 is 1.37 bits per heavy atom. The number of hydrogen-bond acceptors (Lipinski definition) is 6. The highest BCUT2D eigenvalue weighted by atomic mass is 29.2. The number of hydrogen-bond donors (Lipinski definition) is 0. The van der Waals surface area contributed by atoms with E-state index < -0.39 is 35.9 Å². The van der Waals surface area contributed by atoms with Crippen LogP contribution in [0.3, 0.4) is 0 Å². The molecule has 0 radical (unpaired) electrons. The number of esters is 2. The molecule has 0 spiro atoms. The van der Waals surface area contributed by atoms with E-state index in [0.29, 0.717) is 24.4 Å². The van der Waals surface area contributed by atoms with Gasteiger partial charge in [0.15, 0.2) is 35.9 Å². The number of carbonyl (C=O) groups is 2. The summed E-state index contributed by atoms with van der Waals surface area (Å²) in [6, 6.07) is 1.84. The predicted octanol–water partition coefficient (Wildman–Crippen LogP) is 1.68. The van der Waals surface area contributed by atoms with E-state index in [9.17, 15) is 9.59 Å². The zero-order valence-corrected chi connectivity index (χ0v) is 22.6. The molecule has 0 amide bonds. The van der Waals surface area contributed by atoms with Crippen molar-refractivity contribution in [3.8, 4) is 0 Å². The van der Waals surface area contributed by atoms with Crippen LogP contribution in [0.5, 0.6) is 0 Å². The van der Waals surface area contributed by atoms with Crippen LogP contribution in [-0.4, -0.2) is 61.1 Å². The van der Waals surface area contributed by atoms with Gasteiger partial charge in [-0.1, -0.05) is 13.2 Å². The van der Waals surface area contributed by atoms with Gasteiger partial charge in [-0.2, -0.15) is 0 Å². The molecule has 0 aliphatic heterocycles. The van der Waals surface area contributed by atoms with E-state index in [1.165, 1.54) is 0 Å². The fourth-order valence-corrected chi connectivity index (χ4v) is 20.4. The lowest BCUT2D eigenvalue weighted by Gasteiger charge is -2.28. The Hall–Kier alpha value is -0.792. The van der Waals surface area contributed by atoms with Crippen LogP contribution in [0.4, 0.5) is 0 Å². The summed E-state index contributed by atoms with van der Waals surface area (Å²) in [7, 11) is -3.96. The molecule has 0 saturated carbocycles. The van der Waals surface area contributed by atoms with Gasteiger partial charge in [0, 0.05) is 11.1 Å². The van der Waals surface area contributed by atoms with Gasteiger partial charge in [-0.25, -0.2) is 9.59 Å². The summed E-state index contributed by atoms with van der Waals surface area (Å²) in [4.78, 5) is 22.9. The summed E-state index contributed by atoms with van der Waals surface area (Å²) in [5.74, 6) is -0.689. The van der Waals surface area contributed by atoms with E-state index in [1.807, 2.05) is 0 Å². The molecule has 0 aromatic rings. The van der Waals surface area contributed by atoms with Gasteiger partial charge in [0.2, 0.25) is 0 Å². The maximum Gasteiger partial charge on any atom is 0.333 e. The third-order valence-corrected chi connectivity index (χ3v) is 18.5. The van der Waals surface area contributed by atoms with Gasteiger partial charge in [-0.3, -0.25) is 0 Å². The van der Waals surface area contributed by atoms with Crippen LogP contribution < -0.4 is 0 Å². The second kappa shape index (κ2) is 14.2. The lowest BCUT2D eigenvalue weighted by molar-refractivity contribution is -0.139. The molecule has 156 valence electrons. The minimum atomic E-state index is -1.92. The van der Waals surface area contributed by atoms with E-state index in [1.54, 1.807) is 13.8 Å². The van der Waals surface area contributed by atoms with Crippen LogP contribution in [-0.2, 0) is 27.3 Å². The van der Waals surface area contributed by atoms with E-state index in [0.717, 1.165) is 24.9 Å². The summed E-state index contributed by atoms with van der Waals surface area (Å²) >= 11 is 0. The molecule has 0 aliphatic carbocycles. The van der Waals surface area contributed by atoms with Gasteiger partial charge in [0.25, 0.3) is 0 Å². The fourth-order valence-electron chi connectivity index (χ4n) is 2.31. The molecule has 0 unspecified atom stereocenters. The first-order valence-electron chi connectivity index (χ1n) is 9.48. The Balaban J connectivity index is 4.41. The molecule has 0 aromatic heterocycles. The molecule has 6 nitrogen and oxygen atoms in total. The van der Waals surface area contributed by atoms with Crippen LogP contribution in [0.15, 0.2) is 24.3 Å². The molecule has 0 atom stereocenters. The van der Waals surface area contributed by atoms with Crippen molar-refractivity contribution < 1.29 is 27.3 Å². The Kier molecular flexibility index (Phi) is 13.8. The fraction of sp³-hybridized carbons (Fsp3) is 0.647. The summed E-state index contributed by atoms with van der Waals surface area (Å²) in [5, 5.41) is 0. The zero-order valence-electron chi connectivity index (χ0n) is 17.6. The van der Waals surface area contributed by atoms with Gasteiger partial charge in [0.1, 0.15) is 0 Å². The monoisotopic (exact) mass is 448 g/mol. The molecular weight excluding hydrogens is 413 g/mol. The minimum Gasteiger partial charge on any atom is -0.463 e. The van der Waals surface area contributed by atoms with E-state index in [2.05, 4.69) is 32.8 Å². The van der Waals surface area contributed by atoms with Crippen molar-refractivity contribution in [2.24, 2.45) is 0 Å². The van der Waals surface area contributed by atoms with Crippen LogP contribution in [0.25, 0.3) is 0 Å². The Morgan fingerprint density at radius 1 is 0.926 bits per heavy atom. The highest BCUT2D eigenvalue weighted by Gasteiger charge is 2.28. The lowest BCUT2D eigenvalue weighted by atomic mass is 10.4. The Bertz CT molecular complexity index is 476. The smallest absolute Gasteiger partial charge is 0.333 e. The van der Waals surface area contributed by atoms with Crippen molar-refractivity contribution in [2.45, 2.75) is 58.4 Å². The second-order valence-electron chi connectivity index (χ2n) is 7.26. The molecule has 0 N–H and O–H groups in total. The zero-order chi connectivity index (χ0) is 20.9. The summed E-state index contributed by atoms with van der Waals surface area (Å²) < 4.78 is 22.7. The molecule has 10 heteroatoms. The van der Waals surface area contributed by atoms with Crippen molar-refractivity contribution in [3.05, 3.63) is 24.3 Å². The largest absolute Gasteiger partial charge is 0.463 e. The second-order valence-corrected chi connectivity index (χ2v) is 19.0. The first kappa shape index (κ1) is 26.2. The molecule has 27 heavy (non-hydrogen) atoms. The Labute approximate surface area is 171 Å². The first-order valence-corrected chi connectivity index (χ1v) is 20.2. The summed E-state index contributed by atoms with van der Waals surface area (Å²) in [6.45, 7) is 17.8. The average Bonchev–Trinajstić information content (AvgIpc) is 2.59. The molecule has 0 saturated heterocycles. The topological polar surface area (TPSA) is 71.1 Å². The average molecular weight is 449 g/mol. The highest BCUT2D eigenvalue weighted by Crippen LogP contribution is 2.21. The molecular formula is C17H36O6Si4. The number of rotatable bonds is 15. The maximum absolute atomic E-state index is 11.5. The van der Waals surface area contributed by atoms with Crippen LogP contribution in [0.1, 0.15) is 26.7 Å². The van der Waals surface area contributed by atoms with Gasteiger partial charge >= 0.3 is 11.9 Å².